The number of aryl methyl sites for hydroxylation is 1. The van der Waals surface area contributed by atoms with Crippen molar-refractivity contribution in [3.05, 3.63) is 34.9 Å². The van der Waals surface area contributed by atoms with Crippen LogP contribution in [-0.4, -0.2) is 20.2 Å². The maximum atomic E-state index is 11.2. The van der Waals surface area contributed by atoms with Gasteiger partial charge in [0.25, 0.3) is 0 Å². The number of hydrogen-bond donors (Lipinski definition) is 0. The molecular weight excluding hydrogens is 216 g/mol. The number of esters is 1. The molecule has 0 bridgehead atoms. The third-order valence-electron chi connectivity index (χ3n) is 3.03. The molecule has 17 heavy (non-hydrogen) atoms. The van der Waals surface area contributed by atoms with Crippen LogP contribution in [0.25, 0.3) is 6.08 Å². The van der Waals surface area contributed by atoms with Crippen LogP contribution in [0.5, 0.6) is 5.75 Å². The molecule has 0 spiro atoms. The van der Waals surface area contributed by atoms with Crippen molar-refractivity contribution in [1.29, 1.82) is 0 Å². The fourth-order valence-corrected chi connectivity index (χ4v) is 2.05. The molecule has 2 rings (SSSR count). The monoisotopic (exact) mass is 232 g/mol. The van der Waals surface area contributed by atoms with E-state index in [1.165, 1.54) is 12.7 Å². The summed E-state index contributed by atoms with van der Waals surface area (Å²) in [4.78, 5) is 11.2. The van der Waals surface area contributed by atoms with E-state index in [4.69, 9.17) is 4.74 Å². The SMILES string of the molecule is COC(=O)CC1=Cc2cc(OC)ccc2CC1. The summed E-state index contributed by atoms with van der Waals surface area (Å²) in [6.45, 7) is 0. The summed E-state index contributed by atoms with van der Waals surface area (Å²) in [6, 6.07) is 6.06. The third-order valence-corrected chi connectivity index (χ3v) is 3.03. The van der Waals surface area contributed by atoms with E-state index >= 15 is 0 Å². The molecule has 0 saturated carbocycles. The van der Waals surface area contributed by atoms with Crippen molar-refractivity contribution < 1.29 is 14.3 Å². The lowest BCUT2D eigenvalue weighted by atomic mass is 9.91. The fourth-order valence-electron chi connectivity index (χ4n) is 2.05. The van der Waals surface area contributed by atoms with Crippen LogP contribution in [0.4, 0.5) is 0 Å². The van der Waals surface area contributed by atoms with Crippen molar-refractivity contribution in [3.63, 3.8) is 0 Å². The first-order valence-corrected chi connectivity index (χ1v) is 5.66. The lowest BCUT2D eigenvalue weighted by Crippen LogP contribution is -2.06. The molecule has 0 atom stereocenters. The zero-order valence-electron chi connectivity index (χ0n) is 10.2. The van der Waals surface area contributed by atoms with Crippen LogP contribution < -0.4 is 4.74 Å². The number of ether oxygens (including phenoxy) is 2. The minimum atomic E-state index is -0.178. The summed E-state index contributed by atoms with van der Waals surface area (Å²) in [5.41, 5.74) is 3.58. The Balaban J connectivity index is 2.23. The molecule has 90 valence electrons. The van der Waals surface area contributed by atoms with Gasteiger partial charge in [-0.3, -0.25) is 4.79 Å². The number of carbonyl (C=O) groups excluding carboxylic acids is 1. The molecule has 0 saturated heterocycles. The number of hydrogen-bond acceptors (Lipinski definition) is 3. The Morgan fingerprint density at radius 2 is 2.12 bits per heavy atom. The van der Waals surface area contributed by atoms with Crippen molar-refractivity contribution in [1.82, 2.24) is 0 Å². The third kappa shape index (κ3) is 2.67. The highest BCUT2D eigenvalue weighted by Crippen LogP contribution is 2.28. The normalized spacial score (nSPS) is 13.6. The predicted molar refractivity (Wildman–Crippen MR) is 65.9 cm³/mol. The highest BCUT2D eigenvalue weighted by atomic mass is 16.5. The smallest absolute Gasteiger partial charge is 0.309 e. The maximum absolute atomic E-state index is 11.2. The van der Waals surface area contributed by atoms with Gasteiger partial charge in [0.1, 0.15) is 5.75 Å². The molecule has 1 aliphatic carbocycles. The Morgan fingerprint density at radius 1 is 1.29 bits per heavy atom. The van der Waals surface area contributed by atoms with Gasteiger partial charge in [0.15, 0.2) is 0 Å². The summed E-state index contributed by atoms with van der Waals surface area (Å²) in [5, 5.41) is 0. The molecule has 1 aromatic rings. The van der Waals surface area contributed by atoms with Crippen LogP contribution in [0.15, 0.2) is 23.8 Å². The first-order valence-electron chi connectivity index (χ1n) is 5.66. The molecule has 0 aliphatic heterocycles. The Kier molecular flexibility index (Phi) is 3.47. The number of rotatable bonds is 3. The fraction of sp³-hybridized carbons (Fsp3) is 0.357. The Bertz CT molecular complexity index is 461. The average Bonchev–Trinajstić information content (AvgIpc) is 2.37. The molecule has 3 heteroatoms. The second-order valence-corrected chi connectivity index (χ2v) is 4.12. The van der Waals surface area contributed by atoms with Crippen LogP contribution in [-0.2, 0) is 16.0 Å². The van der Waals surface area contributed by atoms with Crippen LogP contribution in [0.1, 0.15) is 24.0 Å². The van der Waals surface area contributed by atoms with E-state index in [0.29, 0.717) is 6.42 Å². The molecule has 0 unspecified atom stereocenters. The van der Waals surface area contributed by atoms with Gasteiger partial charge in [-0.1, -0.05) is 17.7 Å². The Labute approximate surface area is 101 Å². The Morgan fingerprint density at radius 3 is 2.82 bits per heavy atom. The van der Waals surface area contributed by atoms with Crippen molar-refractivity contribution >= 4 is 12.0 Å². The number of fused-ring (bicyclic) bond motifs is 1. The Hall–Kier alpha value is -1.77. The van der Waals surface area contributed by atoms with Crippen molar-refractivity contribution in [3.8, 4) is 5.75 Å². The van der Waals surface area contributed by atoms with E-state index in [1.807, 2.05) is 12.1 Å². The highest BCUT2D eigenvalue weighted by molar-refractivity contribution is 5.75. The topological polar surface area (TPSA) is 35.5 Å². The molecule has 1 aliphatic rings. The van der Waals surface area contributed by atoms with Gasteiger partial charge in [0.2, 0.25) is 0 Å². The average molecular weight is 232 g/mol. The van der Waals surface area contributed by atoms with Crippen molar-refractivity contribution in [2.24, 2.45) is 0 Å². The van der Waals surface area contributed by atoms with Gasteiger partial charge in [0.05, 0.1) is 20.6 Å². The van der Waals surface area contributed by atoms with Gasteiger partial charge in [-0.05, 0) is 36.1 Å². The summed E-state index contributed by atoms with van der Waals surface area (Å²) >= 11 is 0. The highest BCUT2D eigenvalue weighted by Gasteiger charge is 2.13. The number of carbonyl (C=O) groups is 1. The van der Waals surface area contributed by atoms with E-state index in [1.54, 1.807) is 7.11 Å². The van der Waals surface area contributed by atoms with Gasteiger partial charge in [-0.15, -0.1) is 0 Å². The molecule has 1 aromatic carbocycles. The number of benzene rings is 1. The largest absolute Gasteiger partial charge is 0.497 e. The zero-order valence-corrected chi connectivity index (χ0v) is 10.2. The predicted octanol–water partition coefficient (Wildman–Crippen LogP) is 2.59. The van der Waals surface area contributed by atoms with E-state index in [0.717, 1.165) is 29.7 Å². The van der Waals surface area contributed by atoms with Crippen LogP contribution in [0, 0.1) is 0 Å². The van der Waals surface area contributed by atoms with Crippen LogP contribution in [0.2, 0.25) is 0 Å². The van der Waals surface area contributed by atoms with E-state index in [2.05, 4.69) is 16.9 Å². The van der Waals surface area contributed by atoms with Gasteiger partial charge in [0, 0.05) is 0 Å². The van der Waals surface area contributed by atoms with Crippen LogP contribution >= 0.6 is 0 Å². The summed E-state index contributed by atoms with van der Waals surface area (Å²) < 4.78 is 9.88. The number of methoxy groups -OCH3 is 2. The molecule has 3 nitrogen and oxygen atoms in total. The molecular formula is C14H16O3. The second kappa shape index (κ2) is 5.04. The lowest BCUT2D eigenvalue weighted by molar-refractivity contribution is -0.139. The minimum absolute atomic E-state index is 0.178. The lowest BCUT2D eigenvalue weighted by Gasteiger charge is -2.16. The quantitative estimate of drug-likeness (QED) is 0.751. The molecule has 0 fully saturated rings. The maximum Gasteiger partial charge on any atom is 0.309 e. The van der Waals surface area contributed by atoms with Gasteiger partial charge < -0.3 is 9.47 Å². The summed E-state index contributed by atoms with van der Waals surface area (Å²) in [6.07, 6.45) is 4.35. The van der Waals surface area contributed by atoms with Crippen LogP contribution in [0.3, 0.4) is 0 Å². The second-order valence-electron chi connectivity index (χ2n) is 4.12. The van der Waals surface area contributed by atoms with Gasteiger partial charge in [-0.2, -0.15) is 0 Å². The standard InChI is InChI=1S/C14H16O3/c1-16-13-6-5-11-4-3-10(7-12(11)9-13)8-14(15)17-2/h5-7,9H,3-4,8H2,1-2H3. The molecule has 0 amide bonds. The van der Waals surface area contributed by atoms with E-state index < -0.39 is 0 Å². The first kappa shape index (κ1) is 11.7. The molecule has 0 radical (unpaired) electrons. The first-order chi connectivity index (χ1) is 8.22. The molecule has 0 N–H and O–H groups in total. The summed E-state index contributed by atoms with van der Waals surface area (Å²) in [7, 11) is 3.08. The summed E-state index contributed by atoms with van der Waals surface area (Å²) in [5.74, 6) is 0.668. The van der Waals surface area contributed by atoms with Crippen molar-refractivity contribution in [2.75, 3.05) is 14.2 Å². The molecule has 0 aromatic heterocycles. The van der Waals surface area contributed by atoms with Gasteiger partial charge in [-0.25, -0.2) is 0 Å². The van der Waals surface area contributed by atoms with E-state index in [-0.39, 0.29) is 5.97 Å². The van der Waals surface area contributed by atoms with Gasteiger partial charge >= 0.3 is 5.97 Å². The minimum Gasteiger partial charge on any atom is -0.497 e. The van der Waals surface area contributed by atoms with Crippen molar-refractivity contribution in [2.45, 2.75) is 19.3 Å². The molecule has 0 heterocycles. The van der Waals surface area contributed by atoms with E-state index in [9.17, 15) is 4.79 Å². The zero-order chi connectivity index (χ0) is 12.3.